The second kappa shape index (κ2) is 6.81. The number of benzene rings is 1. The molecule has 0 atom stereocenters. The second-order valence-electron chi connectivity index (χ2n) is 5.00. The molecule has 114 valence electrons. The minimum atomic E-state index is 0.563. The highest BCUT2D eigenvalue weighted by molar-refractivity contribution is 7.99. The van der Waals surface area contributed by atoms with Crippen LogP contribution in [0.25, 0.3) is 17.1 Å². The first-order chi connectivity index (χ1) is 10.6. The molecule has 0 spiro atoms. The molecule has 22 heavy (non-hydrogen) atoms. The van der Waals surface area contributed by atoms with E-state index in [2.05, 4.69) is 29.1 Å². The van der Waals surface area contributed by atoms with Crippen LogP contribution >= 0.6 is 34.7 Å². The van der Waals surface area contributed by atoms with Crippen molar-refractivity contribution in [1.29, 1.82) is 0 Å². The number of nitrogens with zero attached hydrogens (tertiary/aromatic N) is 4. The minimum Gasteiger partial charge on any atom is -0.186 e. The summed E-state index contributed by atoms with van der Waals surface area (Å²) in [7, 11) is 0. The van der Waals surface area contributed by atoms with Crippen molar-refractivity contribution in [3.05, 3.63) is 45.7 Å². The highest BCUT2D eigenvalue weighted by atomic mass is 35.5. The first-order valence-electron chi connectivity index (χ1n) is 6.88. The van der Waals surface area contributed by atoms with E-state index in [1.807, 2.05) is 52.7 Å². The van der Waals surface area contributed by atoms with E-state index < -0.39 is 0 Å². The summed E-state index contributed by atoms with van der Waals surface area (Å²) in [4.78, 5) is 0.824. The number of fused-ring (bicyclic) bond motifs is 1. The topological polar surface area (TPSA) is 43.1 Å². The van der Waals surface area contributed by atoms with Crippen LogP contribution in [0.5, 0.6) is 0 Å². The predicted molar refractivity (Wildman–Crippen MR) is 95.5 cm³/mol. The summed E-state index contributed by atoms with van der Waals surface area (Å²) < 4.78 is 1.83. The molecule has 0 radical (unpaired) electrons. The van der Waals surface area contributed by atoms with Crippen molar-refractivity contribution in [2.45, 2.75) is 24.9 Å². The highest BCUT2D eigenvalue weighted by Crippen LogP contribution is 2.21. The fourth-order valence-electron chi connectivity index (χ4n) is 1.85. The Hall–Kier alpha value is -1.37. The SMILES string of the molecule is CC(C)SCc1nnc2sc(/C=C/c3cccc(Cl)c3)nn12. The summed E-state index contributed by atoms with van der Waals surface area (Å²) in [5.74, 6) is 1.72. The standard InChI is InChI=1S/C15H15ClN4S2/c1-10(2)21-9-13-17-18-15-20(13)19-14(22-15)7-6-11-4-3-5-12(16)8-11/h3-8,10H,9H2,1-2H3/b7-6+. The molecule has 0 aliphatic carbocycles. The average molecular weight is 351 g/mol. The summed E-state index contributed by atoms with van der Waals surface area (Å²) in [5.41, 5.74) is 1.05. The molecule has 3 rings (SSSR count). The van der Waals surface area contributed by atoms with E-state index in [0.29, 0.717) is 5.25 Å². The molecule has 0 saturated heterocycles. The lowest BCUT2D eigenvalue weighted by atomic mass is 10.2. The molecule has 0 fully saturated rings. The van der Waals surface area contributed by atoms with E-state index in [0.717, 1.165) is 32.1 Å². The third-order valence-electron chi connectivity index (χ3n) is 2.88. The fraction of sp³-hybridized carbons (Fsp3) is 0.267. The van der Waals surface area contributed by atoms with Crippen LogP contribution in [-0.2, 0) is 5.75 Å². The summed E-state index contributed by atoms with van der Waals surface area (Å²) >= 11 is 9.34. The lowest BCUT2D eigenvalue weighted by Gasteiger charge is -2.00. The van der Waals surface area contributed by atoms with Crippen LogP contribution in [0.3, 0.4) is 0 Å². The largest absolute Gasteiger partial charge is 0.234 e. The van der Waals surface area contributed by atoms with Gasteiger partial charge in [0.1, 0.15) is 5.01 Å². The van der Waals surface area contributed by atoms with Crippen molar-refractivity contribution in [1.82, 2.24) is 19.8 Å². The maximum absolute atomic E-state index is 5.98. The molecular weight excluding hydrogens is 336 g/mol. The van der Waals surface area contributed by atoms with Crippen LogP contribution in [0.4, 0.5) is 0 Å². The molecular formula is C15H15ClN4S2. The van der Waals surface area contributed by atoms with Crippen molar-refractivity contribution in [2.75, 3.05) is 0 Å². The Morgan fingerprint density at radius 3 is 2.95 bits per heavy atom. The molecule has 4 nitrogen and oxygen atoms in total. The van der Waals surface area contributed by atoms with Crippen molar-refractivity contribution >= 4 is 51.8 Å². The normalized spacial score (nSPS) is 12.0. The van der Waals surface area contributed by atoms with Crippen LogP contribution in [0, 0.1) is 0 Å². The van der Waals surface area contributed by atoms with Gasteiger partial charge in [-0.15, -0.1) is 10.2 Å². The van der Waals surface area contributed by atoms with Gasteiger partial charge >= 0.3 is 0 Å². The second-order valence-corrected chi connectivity index (χ2v) is 7.99. The molecule has 0 aliphatic heterocycles. The van der Waals surface area contributed by atoms with E-state index in [4.69, 9.17) is 11.6 Å². The number of hydrogen-bond acceptors (Lipinski definition) is 5. The summed E-state index contributed by atoms with van der Waals surface area (Å²) in [6.07, 6.45) is 3.98. The number of thioether (sulfide) groups is 1. The highest BCUT2D eigenvalue weighted by Gasteiger charge is 2.11. The van der Waals surface area contributed by atoms with E-state index in [9.17, 15) is 0 Å². The minimum absolute atomic E-state index is 0.563. The van der Waals surface area contributed by atoms with Crippen LogP contribution < -0.4 is 0 Å². The van der Waals surface area contributed by atoms with Gasteiger partial charge in [-0.3, -0.25) is 0 Å². The third kappa shape index (κ3) is 3.69. The van der Waals surface area contributed by atoms with Gasteiger partial charge in [-0.2, -0.15) is 21.4 Å². The zero-order chi connectivity index (χ0) is 15.5. The molecule has 7 heteroatoms. The van der Waals surface area contributed by atoms with E-state index in [1.54, 1.807) is 0 Å². The van der Waals surface area contributed by atoms with Gasteiger partial charge in [-0.05, 0) is 29.0 Å². The first-order valence-corrected chi connectivity index (χ1v) is 9.12. The molecule has 2 aromatic heterocycles. The monoisotopic (exact) mass is 350 g/mol. The maximum atomic E-state index is 5.98. The molecule has 0 bridgehead atoms. The Kier molecular flexibility index (Phi) is 4.81. The molecule has 0 aliphatic rings. The number of rotatable bonds is 5. The van der Waals surface area contributed by atoms with E-state index in [-0.39, 0.29) is 0 Å². The Labute approximate surface area is 142 Å². The van der Waals surface area contributed by atoms with Crippen LogP contribution in [-0.4, -0.2) is 25.1 Å². The maximum Gasteiger partial charge on any atom is 0.234 e. The molecule has 0 N–H and O–H groups in total. The average Bonchev–Trinajstić information content (AvgIpc) is 3.03. The summed E-state index contributed by atoms with van der Waals surface area (Å²) in [6, 6.07) is 7.72. The smallest absolute Gasteiger partial charge is 0.186 e. The van der Waals surface area contributed by atoms with Gasteiger partial charge in [0, 0.05) is 5.02 Å². The van der Waals surface area contributed by atoms with Crippen LogP contribution in [0.15, 0.2) is 24.3 Å². The van der Waals surface area contributed by atoms with Gasteiger partial charge in [0.15, 0.2) is 5.82 Å². The summed E-state index contributed by atoms with van der Waals surface area (Å²) in [5, 5.41) is 15.1. The molecule has 0 amide bonds. The van der Waals surface area contributed by atoms with Crippen LogP contribution in [0.2, 0.25) is 5.02 Å². The number of hydrogen-bond donors (Lipinski definition) is 0. The first kappa shape index (κ1) is 15.5. The van der Waals surface area contributed by atoms with Crippen molar-refractivity contribution in [3.63, 3.8) is 0 Å². The molecule has 0 unspecified atom stereocenters. The zero-order valence-electron chi connectivity index (χ0n) is 12.2. The van der Waals surface area contributed by atoms with Gasteiger partial charge in [-0.25, -0.2) is 0 Å². The zero-order valence-corrected chi connectivity index (χ0v) is 14.6. The quantitative estimate of drug-likeness (QED) is 0.671. The van der Waals surface area contributed by atoms with E-state index >= 15 is 0 Å². The van der Waals surface area contributed by atoms with Gasteiger partial charge < -0.3 is 0 Å². The lowest BCUT2D eigenvalue weighted by Crippen LogP contribution is -1.96. The predicted octanol–water partition coefficient (Wildman–Crippen LogP) is 4.65. The Morgan fingerprint density at radius 2 is 2.18 bits per heavy atom. The van der Waals surface area contributed by atoms with Gasteiger partial charge in [0.25, 0.3) is 0 Å². The Balaban J connectivity index is 1.80. The fourth-order valence-corrected chi connectivity index (χ4v) is 3.47. The van der Waals surface area contributed by atoms with Gasteiger partial charge in [0.05, 0.1) is 5.75 Å². The Morgan fingerprint density at radius 1 is 1.32 bits per heavy atom. The van der Waals surface area contributed by atoms with Gasteiger partial charge in [-0.1, -0.05) is 55.0 Å². The molecule has 0 saturated carbocycles. The number of halogens is 1. The summed E-state index contributed by atoms with van der Waals surface area (Å²) in [6.45, 7) is 4.34. The van der Waals surface area contributed by atoms with Crippen molar-refractivity contribution in [2.24, 2.45) is 0 Å². The van der Waals surface area contributed by atoms with E-state index in [1.165, 1.54) is 11.3 Å². The van der Waals surface area contributed by atoms with Crippen molar-refractivity contribution in [3.8, 4) is 0 Å². The molecule has 1 aromatic carbocycles. The molecule has 2 heterocycles. The van der Waals surface area contributed by atoms with Gasteiger partial charge in [0.2, 0.25) is 4.96 Å². The van der Waals surface area contributed by atoms with Crippen LogP contribution in [0.1, 0.15) is 30.2 Å². The molecule has 3 aromatic rings. The lowest BCUT2D eigenvalue weighted by molar-refractivity contribution is 0.878. The third-order valence-corrected chi connectivity index (χ3v) is 5.07. The Bertz CT molecular complexity index is 807. The number of aromatic nitrogens is 4. The van der Waals surface area contributed by atoms with Crippen molar-refractivity contribution < 1.29 is 0 Å².